The van der Waals surface area contributed by atoms with Crippen LogP contribution in [0, 0.1) is 5.82 Å². The summed E-state index contributed by atoms with van der Waals surface area (Å²) in [4.78, 5) is 16.4. The second-order valence-corrected chi connectivity index (χ2v) is 8.68. The molecule has 0 aliphatic carbocycles. The first kappa shape index (κ1) is 20.9. The number of benzene rings is 3. The molecule has 166 valence electrons. The Hall–Kier alpha value is -2.96. The number of ether oxygens (including phenoxy) is 1. The molecule has 1 amide bonds. The smallest absolute Gasteiger partial charge is 0.248 e. The average molecular weight is 434 g/mol. The zero-order chi connectivity index (χ0) is 22.1. The number of anilines is 1. The van der Waals surface area contributed by atoms with E-state index in [0.717, 1.165) is 56.3 Å². The van der Waals surface area contributed by atoms with Crippen LogP contribution < -0.4 is 10.6 Å². The quantitative estimate of drug-likeness (QED) is 0.663. The lowest BCUT2D eigenvalue weighted by Crippen LogP contribution is -2.46. The number of halogens is 1. The topological polar surface area (TPSA) is 58.8 Å². The summed E-state index contributed by atoms with van der Waals surface area (Å²) in [5.41, 5.74) is 9.56. The average Bonchev–Trinajstić information content (AvgIpc) is 2.82. The Bertz CT molecular complexity index is 1140. The van der Waals surface area contributed by atoms with Crippen LogP contribution in [-0.2, 0) is 11.2 Å². The predicted molar refractivity (Wildman–Crippen MR) is 125 cm³/mol. The number of hydrogen-bond donors (Lipinski definition) is 1. The summed E-state index contributed by atoms with van der Waals surface area (Å²) >= 11 is 0. The normalized spacial score (nSPS) is 19.2. The molecule has 3 aromatic carbocycles. The van der Waals surface area contributed by atoms with E-state index in [0.29, 0.717) is 12.2 Å². The van der Waals surface area contributed by atoms with Gasteiger partial charge in [-0.05, 0) is 71.1 Å². The maximum Gasteiger partial charge on any atom is 0.248 e. The van der Waals surface area contributed by atoms with Crippen molar-refractivity contribution in [2.75, 3.05) is 44.2 Å². The van der Waals surface area contributed by atoms with Crippen molar-refractivity contribution in [3.05, 3.63) is 77.1 Å². The molecule has 0 spiro atoms. The molecule has 0 saturated carbocycles. The van der Waals surface area contributed by atoms with Crippen LogP contribution in [0.2, 0.25) is 0 Å². The van der Waals surface area contributed by atoms with Crippen molar-refractivity contribution in [1.82, 2.24) is 4.90 Å². The number of hydrogen-bond acceptors (Lipinski definition) is 4. The highest BCUT2D eigenvalue weighted by Gasteiger charge is 2.24. The number of nitrogens with two attached hydrogens (primary N) is 1. The minimum Gasteiger partial charge on any atom is -0.373 e. The molecular weight excluding hydrogens is 405 g/mol. The predicted octanol–water partition coefficient (Wildman–Crippen LogP) is 3.90. The molecule has 2 aliphatic heterocycles. The van der Waals surface area contributed by atoms with Crippen molar-refractivity contribution < 1.29 is 13.9 Å². The highest BCUT2D eigenvalue weighted by molar-refractivity contribution is 5.93. The summed E-state index contributed by atoms with van der Waals surface area (Å²) in [6.45, 7) is 5.60. The maximum absolute atomic E-state index is 13.4. The Balaban J connectivity index is 1.18. The van der Waals surface area contributed by atoms with Crippen LogP contribution in [0.25, 0.3) is 10.8 Å². The Morgan fingerprint density at radius 3 is 2.59 bits per heavy atom. The molecule has 0 bridgehead atoms. The monoisotopic (exact) mass is 433 g/mol. The second-order valence-electron chi connectivity index (χ2n) is 8.68. The third-order valence-corrected chi connectivity index (χ3v) is 6.70. The van der Waals surface area contributed by atoms with Gasteiger partial charge in [-0.1, -0.05) is 18.2 Å². The lowest BCUT2D eigenvalue weighted by atomic mass is 9.93. The van der Waals surface area contributed by atoms with Crippen molar-refractivity contribution in [2.45, 2.75) is 18.9 Å². The Morgan fingerprint density at radius 2 is 1.78 bits per heavy atom. The fourth-order valence-corrected chi connectivity index (χ4v) is 4.86. The molecule has 0 unspecified atom stereocenters. The van der Waals surface area contributed by atoms with E-state index in [-0.39, 0.29) is 17.8 Å². The molecule has 5 nitrogen and oxygen atoms in total. The molecule has 2 aliphatic rings. The van der Waals surface area contributed by atoms with Gasteiger partial charge in [-0.3, -0.25) is 9.69 Å². The van der Waals surface area contributed by atoms with Crippen LogP contribution in [0.4, 0.5) is 10.1 Å². The summed E-state index contributed by atoms with van der Waals surface area (Å²) in [5.74, 6) is -0.580. The van der Waals surface area contributed by atoms with Gasteiger partial charge < -0.3 is 15.4 Å². The van der Waals surface area contributed by atoms with Crippen LogP contribution in [-0.4, -0.2) is 50.1 Å². The van der Waals surface area contributed by atoms with Crippen molar-refractivity contribution in [3.63, 3.8) is 0 Å². The van der Waals surface area contributed by atoms with E-state index >= 15 is 0 Å². The third kappa shape index (κ3) is 4.33. The fraction of sp³-hybridized carbons (Fsp3) is 0.346. The number of amides is 1. The second kappa shape index (κ2) is 8.88. The molecule has 2 heterocycles. The number of nitrogens with zero attached hydrogens (tertiary/aromatic N) is 2. The molecule has 0 aromatic heterocycles. The summed E-state index contributed by atoms with van der Waals surface area (Å²) in [6.07, 6.45) is 1.83. The van der Waals surface area contributed by atoms with Gasteiger partial charge in [-0.15, -0.1) is 0 Å². The van der Waals surface area contributed by atoms with E-state index in [9.17, 15) is 9.18 Å². The van der Waals surface area contributed by atoms with Crippen LogP contribution >= 0.6 is 0 Å². The van der Waals surface area contributed by atoms with Gasteiger partial charge in [-0.25, -0.2) is 4.39 Å². The van der Waals surface area contributed by atoms with Crippen LogP contribution in [0.5, 0.6) is 0 Å². The van der Waals surface area contributed by atoms with E-state index in [2.05, 4.69) is 21.9 Å². The molecule has 3 aromatic rings. The molecule has 2 N–H and O–H groups in total. The third-order valence-electron chi connectivity index (χ3n) is 6.70. The van der Waals surface area contributed by atoms with E-state index in [4.69, 9.17) is 10.5 Å². The van der Waals surface area contributed by atoms with Gasteiger partial charge in [0.1, 0.15) is 5.82 Å². The van der Waals surface area contributed by atoms with Gasteiger partial charge in [0.2, 0.25) is 5.91 Å². The Labute approximate surface area is 187 Å². The van der Waals surface area contributed by atoms with E-state index in [1.165, 1.54) is 22.9 Å². The lowest BCUT2D eigenvalue weighted by Gasteiger charge is -2.37. The first-order valence-electron chi connectivity index (χ1n) is 11.3. The first-order chi connectivity index (χ1) is 15.6. The summed E-state index contributed by atoms with van der Waals surface area (Å²) in [6, 6.07) is 16.9. The van der Waals surface area contributed by atoms with E-state index < -0.39 is 0 Å². The van der Waals surface area contributed by atoms with E-state index in [1.54, 1.807) is 12.1 Å². The zero-order valence-corrected chi connectivity index (χ0v) is 18.1. The SMILES string of the molecule is NC(=O)c1ccc2c(c1)CCO[C@H]2CCN1CCN(c2ccc3cc(F)ccc3c2)CC1. The van der Waals surface area contributed by atoms with Gasteiger partial charge >= 0.3 is 0 Å². The van der Waals surface area contributed by atoms with Crippen LogP contribution in [0.15, 0.2) is 54.6 Å². The fourth-order valence-electron chi connectivity index (χ4n) is 4.86. The van der Waals surface area contributed by atoms with Crippen LogP contribution in [0.1, 0.15) is 34.0 Å². The first-order valence-corrected chi connectivity index (χ1v) is 11.3. The minimum absolute atomic E-state index is 0.0691. The number of rotatable bonds is 5. The number of primary amides is 1. The van der Waals surface area contributed by atoms with Gasteiger partial charge in [0.05, 0.1) is 12.7 Å². The molecule has 0 radical (unpaired) electrons. The van der Waals surface area contributed by atoms with Crippen molar-refractivity contribution in [2.24, 2.45) is 5.73 Å². The molecule has 6 heteroatoms. The number of carbonyl (C=O) groups is 1. The molecular formula is C26H28FN3O2. The maximum atomic E-state index is 13.4. The van der Waals surface area contributed by atoms with Crippen molar-refractivity contribution in [1.29, 1.82) is 0 Å². The molecule has 1 saturated heterocycles. The minimum atomic E-state index is -0.382. The lowest BCUT2D eigenvalue weighted by molar-refractivity contribution is 0.0289. The van der Waals surface area contributed by atoms with Gasteiger partial charge in [0.25, 0.3) is 0 Å². The number of carbonyl (C=O) groups excluding carboxylic acids is 1. The van der Waals surface area contributed by atoms with Crippen LogP contribution in [0.3, 0.4) is 0 Å². The highest BCUT2D eigenvalue weighted by atomic mass is 19.1. The Morgan fingerprint density at radius 1 is 1.00 bits per heavy atom. The molecule has 1 fully saturated rings. The zero-order valence-electron chi connectivity index (χ0n) is 18.1. The Kier molecular flexibility index (Phi) is 5.81. The van der Waals surface area contributed by atoms with Crippen molar-refractivity contribution >= 4 is 22.4 Å². The van der Waals surface area contributed by atoms with Gasteiger partial charge in [0.15, 0.2) is 0 Å². The largest absolute Gasteiger partial charge is 0.373 e. The van der Waals surface area contributed by atoms with E-state index in [1.807, 2.05) is 24.3 Å². The summed E-state index contributed by atoms with van der Waals surface area (Å²) < 4.78 is 19.5. The van der Waals surface area contributed by atoms with Crippen molar-refractivity contribution in [3.8, 4) is 0 Å². The van der Waals surface area contributed by atoms with Gasteiger partial charge in [-0.2, -0.15) is 0 Å². The summed E-state index contributed by atoms with van der Waals surface area (Å²) in [5, 5.41) is 2.00. The van der Waals surface area contributed by atoms with Gasteiger partial charge in [0, 0.05) is 44.0 Å². The highest BCUT2D eigenvalue weighted by Crippen LogP contribution is 2.31. The standard InChI is InChI=1S/C26H28FN3O2/c27-22-4-1-19-17-23(5-2-18(19)16-22)30-12-10-29(11-13-30)9-7-25-24-6-3-21(26(28)31)15-20(24)8-14-32-25/h1-6,15-17,25H,7-14H2,(H2,28,31)/t25-/m0/s1. The number of piperazine rings is 1. The molecule has 1 atom stereocenters. The summed E-state index contributed by atoms with van der Waals surface area (Å²) in [7, 11) is 0. The molecule has 5 rings (SSSR count). The molecule has 32 heavy (non-hydrogen) atoms. The number of fused-ring (bicyclic) bond motifs is 2.